The number of amides is 1. The number of hydrogen-bond donors (Lipinski definition) is 2. The molecule has 0 saturated heterocycles. The molecule has 2 rings (SSSR count). The predicted octanol–water partition coefficient (Wildman–Crippen LogP) is 2.45. The Kier molecular flexibility index (Phi) is 6.75. The van der Waals surface area contributed by atoms with Gasteiger partial charge >= 0.3 is 12.1 Å². The fraction of sp³-hybridized carbons (Fsp3) is 0.353. The van der Waals surface area contributed by atoms with Crippen LogP contribution >= 0.6 is 11.3 Å². The SMILES string of the molecule is CC(C)(C)OC(=O)N(CC(=O)O)c1cccc(CNS(=O)(=O)c2ccsc2)n1. The van der Waals surface area contributed by atoms with E-state index in [1.165, 1.54) is 28.8 Å². The van der Waals surface area contributed by atoms with Gasteiger partial charge in [-0.25, -0.2) is 22.9 Å². The van der Waals surface area contributed by atoms with E-state index < -0.39 is 34.2 Å². The summed E-state index contributed by atoms with van der Waals surface area (Å²) in [4.78, 5) is 28.8. The number of hydrogen-bond acceptors (Lipinski definition) is 7. The van der Waals surface area contributed by atoms with Crippen LogP contribution in [0, 0.1) is 0 Å². The summed E-state index contributed by atoms with van der Waals surface area (Å²) < 4.78 is 32.1. The zero-order chi connectivity index (χ0) is 20.9. The van der Waals surface area contributed by atoms with Gasteiger partial charge in [-0.15, -0.1) is 0 Å². The molecule has 0 aromatic carbocycles. The Hall–Kier alpha value is -2.50. The third kappa shape index (κ3) is 6.29. The topological polar surface area (TPSA) is 126 Å². The Balaban J connectivity index is 2.20. The average Bonchev–Trinajstić information content (AvgIpc) is 3.12. The van der Waals surface area contributed by atoms with Crippen LogP contribution in [0.1, 0.15) is 26.5 Å². The van der Waals surface area contributed by atoms with E-state index in [0.717, 1.165) is 4.90 Å². The van der Waals surface area contributed by atoms with E-state index in [0.29, 0.717) is 5.69 Å². The van der Waals surface area contributed by atoms with Crippen LogP contribution in [0.4, 0.5) is 10.6 Å². The molecular weight excluding hydrogens is 406 g/mol. The fourth-order valence-corrected chi connectivity index (χ4v) is 4.09. The van der Waals surface area contributed by atoms with Crippen LogP contribution in [0.3, 0.4) is 0 Å². The van der Waals surface area contributed by atoms with E-state index in [4.69, 9.17) is 9.84 Å². The number of sulfonamides is 1. The van der Waals surface area contributed by atoms with E-state index in [2.05, 4.69) is 9.71 Å². The molecule has 28 heavy (non-hydrogen) atoms. The molecule has 0 unspecified atom stereocenters. The van der Waals surface area contributed by atoms with Crippen LogP contribution in [-0.4, -0.2) is 42.7 Å². The van der Waals surface area contributed by atoms with Gasteiger partial charge in [0, 0.05) is 5.38 Å². The van der Waals surface area contributed by atoms with Gasteiger partial charge in [-0.05, 0) is 44.4 Å². The van der Waals surface area contributed by atoms with Gasteiger partial charge in [0.05, 0.1) is 17.1 Å². The number of thiophene rings is 1. The molecule has 0 aliphatic carbocycles. The predicted molar refractivity (Wildman–Crippen MR) is 104 cm³/mol. The molecule has 2 aromatic rings. The third-order valence-corrected chi connectivity index (χ3v) is 5.46. The number of nitrogens with zero attached hydrogens (tertiary/aromatic N) is 2. The van der Waals surface area contributed by atoms with Crippen molar-refractivity contribution in [2.45, 2.75) is 37.8 Å². The lowest BCUT2D eigenvalue weighted by Gasteiger charge is -2.26. The Bertz CT molecular complexity index is 936. The second-order valence-corrected chi connectivity index (χ2v) is 9.28. The van der Waals surface area contributed by atoms with Gasteiger partial charge in [0.15, 0.2) is 0 Å². The molecule has 0 saturated carbocycles. The first-order chi connectivity index (χ1) is 13.0. The van der Waals surface area contributed by atoms with Crippen molar-refractivity contribution >= 4 is 39.2 Å². The second kappa shape index (κ2) is 8.67. The van der Waals surface area contributed by atoms with Gasteiger partial charge in [-0.1, -0.05) is 6.07 Å². The molecule has 2 heterocycles. The summed E-state index contributed by atoms with van der Waals surface area (Å²) in [6, 6.07) is 6.04. The Labute approximate surface area is 167 Å². The summed E-state index contributed by atoms with van der Waals surface area (Å²) in [5, 5.41) is 12.3. The number of carbonyl (C=O) groups is 2. The number of rotatable bonds is 7. The summed E-state index contributed by atoms with van der Waals surface area (Å²) >= 11 is 1.26. The highest BCUT2D eigenvalue weighted by molar-refractivity contribution is 7.89. The molecule has 1 amide bonds. The number of ether oxygens (including phenoxy) is 1. The van der Waals surface area contributed by atoms with Gasteiger partial charge in [-0.3, -0.25) is 9.69 Å². The van der Waals surface area contributed by atoms with E-state index in [9.17, 15) is 18.0 Å². The lowest BCUT2D eigenvalue weighted by molar-refractivity contribution is -0.135. The molecule has 0 spiro atoms. The average molecular weight is 428 g/mol. The smallest absolute Gasteiger partial charge is 0.416 e. The van der Waals surface area contributed by atoms with Crippen LogP contribution in [-0.2, 0) is 26.1 Å². The number of nitrogens with one attached hydrogen (secondary N) is 1. The lowest BCUT2D eigenvalue weighted by atomic mass is 10.2. The molecule has 11 heteroatoms. The zero-order valence-corrected chi connectivity index (χ0v) is 17.2. The summed E-state index contributed by atoms with van der Waals surface area (Å²) in [5.41, 5.74) is -0.503. The van der Waals surface area contributed by atoms with Crippen molar-refractivity contribution in [1.82, 2.24) is 9.71 Å². The minimum Gasteiger partial charge on any atom is -0.480 e. The number of pyridine rings is 1. The fourth-order valence-electron chi connectivity index (χ4n) is 2.06. The maximum Gasteiger partial charge on any atom is 0.416 e. The molecule has 0 aliphatic heterocycles. The van der Waals surface area contributed by atoms with Gasteiger partial charge in [-0.2, -0.15) is 11.3 Å². The first kappa shape index (κ1) is 21.8. The first-order valence-electron chi connectivity index (χ1n) is 8.18. The van der Waals surface area contributed by atoms with Crippen molar-refractivity contribution in [3.63, 3.8) is 0 Å². The highest BCUT2D eigenvalue weighted by Gasteiger charge is 2.26. The van der Waals surface area contributed by atoms with Crippen molar-refractivity contribution < 1.29 is 27.9 Å². The highest BCUT2D eigenvalue weighted by Crippen LogP contribution is 2.17. The quantitative estimate of drug-likeness (QED) is 0.695. The van der Waals surface area contributed by atoms with Gasteiger partial charge < -0.3 is 9.84 Å². The molecule has 0 atom stereocenters. The van der Waals surface area contributed by atoms with E-state index in [1.807, 2.05) is 0 Å². The van der Waals surface area contributed by atoms with Crippen molar-refractivity contribution in [2.75, 3.05) is 11.4 Å². The van der Waals surface area contributed by atoms with Crippen molar-refractivity contribution in [2.24, 2.45) is 0 Å². The Morgan fingerprint density at radius 1 is 1.29 bits per heavy atom. The van der Waals surface area contributed by atoms with Crippen LogP contribution in [0.5, 0.6) is 0 Å². The molecule has 0 bridgehead atoms. The zero-order valence-electron chi connectivity index (χ0n) is 15.6. The molecule has 2 aromatic heterocycles. The number of carbonyl (C=O) groups excluding carboxylic acids is 1. The number of aliphatic carboxylic acids is 1. The number of carboxylic acids is 1. The van der Waals surface area contributed by atoms with E-state index in [-0.39, 0.29) is 17.3 Å². The number of carboxylic acid groups (broad SMARTS) is 1. The standard InChI is InChI=1S/C17H21N3O6S2/c1-17(2,3)26-16(23)20(10-15(21)22)14-6-4-5-12(19-14)9-18-28(24,25)13-7-8-27-11-13/h4-8,11,18H,9-10H2,1-3H3,(H,21,22). The monoisotopic (exact) mass is 427 g/mol. The molecule has 0 fully saturated rings. The normalized spacial score (nSPS) is 11.8. The van der Waals surface area contributed by atoms with E-state index in [1.54, 1.807) is 38.3 Å². The van der Waals surface area contributed by atoms with Gasteiger partial charge in [0.1, 0.15) is 18.0 Å². The molecular formula is C17H21N3O6S2. The number of anilines is 1. The van der Waals surface area contributed by atoms with Crippen molar-refractivity contribution in [3.8, 4) is 0 Å². The highest BCUT2D eigenvalue weighted by atomic mass is 32.2. The minimum atomic E-state index is -3.69. The Morgan fingerprint density at radius 3 is 2.57 bits per heavy atom. The molecule has 0 aliphatic rings. The number of aromatic nitrogens is 1. The summed E-state index contributed by atoms with van der Waals surface area (Å²) in [6.45, 7) is 4.21. The van der Waals surface area contributed by atoms with Crippen molar-refractivity contribution in [3.05, 3.63) is 40.7 Å². The third-order valence-electron chi connectivity index (χ3n) is 3.22. The molecule has 9 nitrogen and oxygen atoms in total. The van der Waals surface area contributed by atoms with Crippen molar-refractivity contribution in [1.29, 1.82) is 0 Å². The minimum absolute atomic E-state index is 0.0453. The lowest BCUT2D eigenvalue weighted by Crippen LogP contribution is -2.40. The Morgan fingerprint density at radius 2 is 2.00 bits per heavy atom. The molecule has 2 N–H and O–H groups in total. The second-order valence-electron chi connectivity index (χ2n) is 6.73. The summed E-state index contributed by atoms with van der Waals surface area (Å²) in [5.74, 6) is -1.19. The first-order valence-corrected chi connectivity index (χ1v) is 10.6. The molecule has 152 valence electrons. The van der Waals surface area contributed by atoms with Crippen LogP contribution in [0.2, 0.25) is 0 Å². The maximum atomic E-state index is 12.4. The van der Waals surface area contributed by atoms with Crippen LogP contribution < -0.4 is 9.62 Å². The van der Waals surface area contributed by atoms with Crippen LogP contribution in [0.15, 0.2) is 39.9 Å². The maximum absolute atomic E-state index is 12.4. The van der Waals surface area contributed by atoms with Gasteiger partial charge in [0.2, 0.25) is 10.0 Å². The largest absolute Gasteiger partial charge is 0.480 e. The van der Waals surface area contributed by atoms with Crippen LogP contribution in [0.25, 0.3) is 0 Å². The van der Waals surface area contributed by atoms with E-state index >= 15 is 0 Å². The summed E-state index contributed by atoms with van der Waals surface area (Å²) in [7, 11) is -3.69. The molecule has 0 radical (unpaired) electrons. The van der Waals surface area contributed by atoms with Gasteiger partial charge in [0.25, 0.3) is 0 Å². The summed E-state index contributed by atoms with van der Waals surface area (Å²) in [6.07, 6.45) is -0.863.